The molecule has 1 amide bonds. The molecule has 27 heavy (non-hydrogen) atoms. The van der Waals surface area contributed by atoms with Gasteiger partial charge in [-0.05, 0) is 35.7 Å². The van der Waals surface area contributed by atoms with Crippen LogP contribution >= 0.6 is 0 Å². The van der Waals surface area contributed by atoms with Crippen molar-refractivity contribution in [1.82, 2.24) is 14.7 Å². The monoisotopic (exact) mass is 367 g/mol. The molecule has 2 aromatic heterocycles. The van der Waals surface area contributed by atoms with Crippen molar-refractivity contribution in [3.05, 3.63) is 59.7 Å². The van der Waals surface area contributed by atoms with Crippen LogP contribution in [0.15, 0.2) is 42.6 Å². The average Bonchev–Trinajstić information content (AvgIpc) is 3.04. The van der Waals surface area contributed by atoms with Crippen LogP contribution in [0.4, 0.5) is 0 Å². The fraction of sp³-hybridized carbons (Fsp3) is 0.333. The van der Waals surface area contributed by atoms with Crippen LogP contribution < -0.4 is 14.8 Å². The third-order valence-corrected chi connectivity index (χ3v) is 4.33. The molecule has 0 radical (unpaired) electrons. The first-order valence-electron chi connectivity index (χ1n) is 8.98. The lowest BCUT2D eigenvalue weighted by atomic mass is 10.1. The van der Waals surface area contributed by atoms with Gasteiger partial charge in [-0.25, -0.2) is 4.98 Å². The van der Waals surface area contributed by atoms with Gasteiger partial charge >= 0.3 is 0 Å². The average molecular weight is 367 g/mol. The number of fused-ring (bicyclic) bond motifs is 1. The minimum absolute atomic E-state index is 0.191. The molecule has 0 saturated carbocycles. The molecule has 0 fully saturated rings. The van der Waals surface area contributed by atoms with Crippen molar-refractivity contribution < 1.29 is 14.3 Å². The second-order valence-corrected chi connectivity index (χ2v) is 6.80. The number of nitrogens with zero attached hydrogens (tertiary/aromatic N) is 2. The largest absolute Gasteiger partial charge is 0.493 e. The highest BCUT2D eigenvalue weighted by Crippen LogP contribution is 2.27. The summed E-state index contributed by atoms with van der Waals surface area (Å²) in [4.78, 5) is 17.4. The maximum absolute atomic E-state index is 12.8. The highest BCUT2D eigenvalue weighted by Gasteiger charge is 2.17. The number of imidazole rings is 1. The van der Waals surface area contributed by atoms with Gasteiger partial charge in [-0.1, -0.05) is 26.0 Å². The SMILES string of the molecule is COc1ccc(CNC(=O)c2nc(CC(C)C)n3ccccc23)cc1OC. The molecular formula is C21H25N3O3. The van der Waals surface area contributed by atoms with Crippen molar-refractivity contribution >= 4 is 11.4 Å². The van der Waals surface area contributed by atoms with E-state index in [-0.39, 0.29) is 5.91 Å². The number of hydrogen-bond donors (Lipinski definition) is 1. The lowest BCUT2D eigenvalue weighted by Crippen LogP contribution is -2.23. The van der Waals surface area contributed by atoms with Crippen LogP contribution in [0.5, 0.6) is 11.5 Å². The van der Waals surface area contributed by atoms with E-state index in [1.54, 1.807) is 14.2 Å². The van der Waals surface area contributed by atoms with Crippen molar-refractivity contribution in [2.45, 2.75) is 26.8 Å². The fourth-order valence-corrected chi connectivity index (χ4v) is 3.03. The molecule has 0 aliphatic heterocycles. The maximum atomic E-state index is 12.8. The molecule has 0 aliphatic carbocycles. The second-order valence-electron chi connectivity index (χ2n) is 6.80. The van der Waals surface area contributed by atoms with Gasteiger partial charge in [0, 0.05) is 19.2 Å². The number of hydrogen-bond acceptors (Lipinski definition) is 4. The van der Waals surface area contributed by atoms with Gasteiger partial charge in [0.25, 0.3) is 5.91 Å². The summed E-state index contributed by atoms with van der Waals surface area (Å²) in [6, 6.07) is 11.4. The van der Waals surface area contributed by atoms with Crippen LogP contribution in [0.3, 0.4) is 0 Å². The summed E-state index contributed by atoms with van der Waals surface area (Å²) in [5.74, 6) is 2.46. The Morgan fingerprint density at radius 3 is 2.63 bits per heavy atom. The van der Waals surface area contributed by atoms with Gasteiger partial charge in [0.2, 0.25) is 0 Å². The number of amides is 1. The van der Waals surface area contributed by atoms with Crippen molar-refractivity contribution in [1.29, 1.82) is 0 Å². The molecule has 0 saturated heterocycles. The Bertz CT molecular complexity index is 947. The number of nitrogens with one attached hydrogen (secondary N) is 1. The predicted molar refractivity (Wildman–Crippen MR) is 104 cm³/mol. The Labute approximate surface area is 159 Å². The Balaban J connectivity index is 1.80. The van der Waals surface area contributed by atoms with E-state index in [2.05, 4.69) is 24.1 Å². The number of carbonyl (C=O) groups excluding carboxylic acids is 1. The Morgan fingerprint density at radius 1 is 1.15 bits per heavy atom. The third-order valence-electron chi connectivity index (χ3n) is 4.33. The summed E-state index contributed by atoms with van der Waals surface area (Å²) in [7, 11) is 3.19. The van der Waals surface area contributed by atoms with E-state index in [0.29, 0.717) is 29.7 Å². The normalized spacial score (nSPS) is 11.0. The molecule has 0 spiro atoms. The predicted octanol–water partition coefficient (Wildman–Crippen LogP) is 3.48. The number of carbonyl (C=O) groups is 1. The zero-order valence-corrected chi connectivity index (χ0v) is 16.2. The molecule has 6 nitrogen and oxygen atoms in total. The number of pyridine rings is 1. The van der Waals surface area contributed by atoms with E-state index in [1.807, 2.05) is 47.0 Å². The Kier molecular flexibility index (Phi) is 5.64. The first-order valence-corrected chi connectivity index (χ1v) is 8.98. The van der Waals surface area contributed by atoms with Gasteiger partial charge < -0.3 is 19.2 Å². The van der Waals surface area contributed by atoms with Crippen molar-refractivity contribution in [3.63, 3.8) is 0 Å². The molecule has 0 atom stereocenters. The molecule has 3 aromatic rings. The molecule has 3 rings (SSSR count). The topological polar surface area (TPSA) is 64.9 Å². The van der Waals surface area contributed by atoms with E-state index in [4.69, 9.17) is 9.47 Å². The summed E-state index contributed by atoms with van der Waals surface area (Å²) in [6.45, 7) is 4.66. The molecule has 1 aromatic carbocycles. The molecule has 0 bridgehead atoms. The molecule has 142 valence electrons. The molecule has 1 N–H and O–H groups in total. The van der Waals surface area contributed by atoms with E-state index < -0.39 is 0 Å². The smallest absolute Gasteiger partial charge is 0.272 e. The van der Waals surface area contributed by atoms with E-state index >= 15 is 0 Å². The highest BCUT2D eigenvalue weighted by atomic mass is 16.5. The molecule has 2 heterocycles. The Hall–Kier alpha value is -3.02. The van der Waals surface area contributed by atoms with Gasteiger partial charge in [-0.3, -0.25) is 4.79 Å². The standard InChI is InChI=1S/C21H25N3O3/c1-14(2)11-19-23-20(16-7-5-6-10-24(16)19)21(25)22-13-15-8-9-17(26-3)18(12-15)27-4/h5-10,12,14H,11,13H2,1-4H3,(H,22,25). The van der Waals surface area contributed by atoms with Crippen LogP contribution in [0.1, 0.15) is 35.7 Å². The number of rotatable bonds is 7. The van der Waals surface area contributed by atoms with Crippen LogP contribution in [-0.2, 0) is 13.0 Å². The van der Waals surface area contributed by atoms with Crippen molar-refractivity contribution in [3.8, 4) is 11.5 Å². The summed E-state index contributed by atoms with van der Waals surface area (Å²) < 4.78 is 12.5. The zero-order chi connectivity index (χ0) is 19.4. The van der Waals surface area contributed by atoms with Crippen LogP contribution in [0.2, 0.25) is 0 Å². The lowest BCUT2D eigenvalue weighted by molar-refractivity contribution is 0.0948. The van der Waals surface area contributed by atoms with E-state index in [0.717, 1.165) is 23.3 Å². The van der Waals surface area contributed by atoms with Crippen molar-refractivity contribution in [2.75, 3.05) is 14.2 Å². The van der Waals surface area contributed by atoms with Gasteiger partial charge in [0.1, 0.15) is 5.82 Å². The van der Waals surface area contributed by atoms with Gasteiger partial charge in [-0.15, -0.1) is 0 Å². The second kappa shape index (κ2) is 8.12. The van der Waals surface area contributed by atoms with Crippen molar-refractivity contribution in [2.24, 2.45) is 5.92 Å². The quantitative estimate of drug-likeness (QED) is 0.694. The fourth-order valence-electron chi connectivity index (χ4n) is 3.03. The van der Waals surface area contributed by atoms with Gasteiger partial charge in [-0.2, -0.15) is 0 Å². The lowest BCUT2D eigenvalue weighted by Gasteiger charge is -2.10. The molecular weight excluding hydrogens is 342 g/mol. The first-order chi connectivity index (χ1) is 13.0. The summed E-state index contributed by atoms with van der Waals surface area (Å²) in [6.07, 6.45) is 2.76. The summed E-state index contributed by atoms with van der Waals surface area (Å²) >= 11 is 0. The minimum Gasteiger partial charge on any atom is -0.493 e. The van der Waals surface area contributed by atoms with Crippen LogP contribution in [-0.4, -0.2) is 29.5 Å². The number of benzene rings is 1. The van der Waals surface area contributed by atoms with E-state index in [9.17, 15) is 4.79 Å². The molecule has 0 unspecified atom stereocenters. The van der Waals surface area contributed by atoms with Crippen LogP contribution in [0.25, 0.3) is 5.52 Å². The van der Waals surface area contributed by atoms with Gasteiger partial charge in [0.15, 0.2) is 17.2 Å². The third kappa shape index (κ3) is 4.05. The van der Waals surface area contributed by atoms with Crippen LogP contribution in [0, 0.1) is 5.92 Å². The summed E-state index contributed by atoms with van der Waals surface area (Å²) in [5.41, 5.74) is 2.19. The van der Waals surface area contributed by atoms with E-state index in [1.165, 1.54) is 0 Å². The zero-order valence-electron chi connectivity index (χ0n) is 16.2. The number of ether oxygens (including phenoxy) is 2. The maximum Gasteiger partial charge on any atom is 0.272 e. The summed E-state index contributed by atoms with van der Waals surface area (Å²) in [5, 5.41) is 2.95. The first kappa shape index (κ1) is 18.8. The minimum atomic E-state index is -0.191. The number of aromatic nitrogens is 2. The highest BCUT2D eigenvalue weighted by molar-refractivity contribution is 5.99. The Morgan fingerprint density at radius 2 is 1.93 bits per heavy atom. The molecule has 6 heteroatoms. The molecule has 0 aliphatic rings. The number of methoxy groups -OCH3 is 2. The van der Waals surface area contributed by atoms with Gasteiger partial charge in [0.05, 0.1) is 19.7 Å².